The molecule has 0 aliphatic carbocycles. The van der Waals surface area contributed by atoms with Gasteiger partial charge in [0, 0.05) is 31.9 Å². The van der Waals surface area contributed by atoms with Crippen molar-refractivity contribution in [2.24, 2.45) is 5.10 Å². The highest BCUT2D eigenvalue weighted by Gasteiger charge is 2.21. The predicted molar refractivity (Wildman–Crippen MR) is 170 cm³/mol. The van der Waals surface area contributed by atoms with Crippen molar-refractivity contribution in [3.05, 3.63) is 123 Å². The van der Waals surface area contributed by atoms with Gasteiger partial charge in [0.05, 0.1) is 17.8 Å². The lowest BCUT2D eigenvalue weighted by molar-refractivity contribution is 0.0733. The molecule has 0 unspecified atom stereocenters. The van der Waals surface area contributed by atoms with E-state index in [1.807, 2.05) is 6.07 Å². The van der Waals surface area contributed by atoms with Gasteiger partial charge in [0.2, 0.25) is 0 Å². The first kappa shape index (κ1) is 29.8. The molecule has 1 aromatic heterocycles. The highest BCUT2D eigenvalue weighted by Crippen LogP contribution is 2.38. The summed E-state index contributed by atoms with van der Waals surface area (Å²) >= 11 is 13.7. The zero-order valence-electron chi connectivity index (χ0n) is 22.6. The molecule has 216 valence electrons. The molecule has 43 heavy (non-hydrogen) atoms. The Labute approximate surface area is 260 Å². The lowest BCUT2D eigenvalue weighted by atomic mass is 10.1. The molecule has 0 atom stereocenters. The minimum atomic E-state index is -0.623. The topological polar surface area (TPSA) is 106 Å². The van der Waals surface area contributed by atoms with E-state index in [1.165, 1.54) is 17.6 Å². The monoisotopic (exact) mass is 631 g/mol. The fourth-order valence-corrected chi connectivity index (χ4v) is 5.66. The number of thiophene rings is 1. The van der Waals surface area contributed by atoms with Crippen LogP contribution in [0.4, 0.5) is 5.69 Å². The summed E-state index contributed by atoms with van der Waals surface area (Å²) in [7, 11) is 0. The fraction of sp³-hybridized carbons (Fsp3) is 0.0625. The van der Waals surface area contributed by atoms with Crippen molar-refractivity contribution in [3.8, 4) is 11.5 Å². The van der Waals surface area contributed by atoms with E-state index in [2.05, 4.69) is 15.8 Å². The number of rotatable bonds is 9. The van der Waals surface area contributed by atoms with Crippen LogP contribution in [-0.2, 0) is 0 Å². The molecule has 8 nitrogen and oxygen atoms in total. The van der Waals surface area contributed by atoms with E-state index in [-0.39, 0.29) is 16.5 Å². The Morgan fingerprint density at radius 2 is 1.60 bits per heavy atom. The normalized spacial score (nSPS) is 11.0. The first-order chi connectivity index (χ1) is 20.8. The number of hydrogen-bond donors (Lipinski definition) is 2. The summed E-state index contributed by atoms with van der Waals surface area (Å²) in [6.07, 6.45) is 1.44. The number of benzene rings is 4. The van der Waals surface area contributed by atoms with Crippen molar-refractivity contribution in [1.82, 2.24) is 5.43 Å². The molecular formula is C32H23Cl2N3O5S. The molecular weight excluding hydrogens is 609 g/mol. The maximum atomic E-state index is 13.0. The van der Waals surface area contributed by atoms with Gasteiger partial charge in [-0.25, -0.2) is 10.2 Å². The molecule has 0 fully saturated rings. The van der Waals surface area contributed by atoms with Crippen LogP contribution in [0.1, 0.15) is 42.9 Å². The van der Waals surface area contributed by atoms with Crippen molar-refractivity contribution < 1.29 is 23.9 Å². The largest absolute Gasteiger partial charge is 0.490 e. The number of esters is 1. The Kier molecular flexibility index (Phi) is 9.36. The molecule has 0 aliphatic heterocycles. The summed E-state index contributed by atoms with van der Waals surface area (Å²) in [6, 6.07) is 25.3. The standard InChI is InChI=1S/C32H23Cl2N3O5S/c1-2-41-26-16-19(8-15-25(26)42-32(40)29-28(34)24-14-11-22(33)17-27(24)43-29)18-35-37-31(39)21-9-12-23(13-10-21)36-30(38)20-6-4-3-5-7-20/h3-18H,2H2,1H3,(H,36,38)(H,37,39)/b35-18-. The van der Waals surface area contributed by atoms with Gasteiger partial charge in [-0.1, -0.05) is 47.5 Å². The summed E-state index contributed by atoms with van der Waals surface area (Å²) in [5, 5.41) is 8.37. The fourth-order valence-electron chi connectivity index (χ4n) is 4.00. The molecule has 0 radical (unpaired) electrons. The second-order valence-electron chi connectivity index (χ2n) is 9.01. The lowest BCUT2D eigenvalue weighted by Gasteiger charge is -2.11. The number of hydrazone groups is 1. The van der Waals surface area contributed by atoms with Crippen LogP contribution in [0.15, 0.2) is 96.1 Å². The molecule has 2 N–H and O–H groups in total. The minimum absolute atomic E-state index is 0.207. The maximum Gasteiger partial charge on any atom is 0.355 e. The van der Waals surface area contributed by atoms with Crippen LogP contribution in [-0.4, -0.2) is 30.6 Å². The van der Waals surface area contributed by atoms with Gasteiger partial charge in [-0.3, -0.25) is 9.59 Å². The molecule has 11 heteroatoms. The Morgan fingerprint density at radius 1 is 0.860 bits per heavy atom. The molecule has 0 bridgehead atoms. The molecule has 0 spiro atoms. The number of amides is 2. The number of ether oxygens (including phenoxy) is 2. The average molecular weight is 633 g/mol. The molecule has 4 aromatic carbocycles. The summed E-state index contributed by atoms with van der Waals surface area (Å²) in [4.78, 5) is 38.1. The molecule has 0 saturated heterocycles. The number of anilines is 1. The smallest absolute Gasteiger partial charge is 0.355 e. The minimum Gasteiger partial charge on any atom is -0.490 e. The van der Waals surface area contributed by atoms with Crippen molar-refractivity contribution in [2.75, 3.05) is 11.9 Å². The van der Waals surface area contributed by atoms with Crippen molar-refractivity contribution in [1.29, 1.82) is 0 Å². The number of fused-ring (bicyclic) bond motifs is 1. The van der Waals surface area contributed by atoms with Gasteiger partial charge in [-0.2, -0.15) is 5.10 Å². The quantitative estimate of drug-likeness (QED) is 0.0746. The molecule has 0 aliphatic rings. The van der Waals surface area contributed by atoms with Crippen LogP contribution in [0.25, 0.3) is 10.1 Å². The first-order valence-corrected chi connectivity index (χ1v) is 14.6. The Morgan fingerprint density at radius 3 is 2.35 bits per heavy atom. The highest BCUT2D eigenvalue weighted by molar-refractivity contribution is 7.21. The number of halogens is 2. The average Bonchev–Trinajstić information content (AvgIpc) is 3.34. The highest BCUT2D eigenvalue weighted by atomic mass is 35.5. The maximum absolute atomic E-state index is 13.0. The van der Waals surface area contributed by atoms with Crippen LogP contribution >= 0.6 is 34.5 Å². The van der Waals surface area contributed by atoms with Crippen molar-refractivity contribution >= 4 is 74.3 Å². The lowest BCUT2D eigenvalue weighted by Crippen LogP contribution is -2.18. The second-order valence-corrected chi connectivity index (χ2v) is 10.9. The summed E-state index contributed by atoms with van der Waals surface area (Å²) in [5.41, 5.74) is 4.50. The van der Waals surface area contributed by atoms with Crippen LogP contribution in [0.3, 0.4) is 0 Å². The number of hydrogen-bond acceptors (Lipinski definition) is 7. The summed E-state index contributed by atoms with van der Waals surface area (Å²) in [5.74, 6) is -0.778. The van der Waals surface area contributed by atoms with Crippen LogP contribution in [0, 0.1) is 0 Å². The van der Waals surface area contributed by atoms with Gasteiger partial charge in [-0.15, -0.1) is 11.3 Å². The van der Waals surface area contributed by atoms with Gasteiger partial charge in [0.25, 0.3) is 11.8 Å². The Bertz CT molecular complexity index is 1840. The van der Waals surface area contributed by atoms with E-state index >= 15 is 0 Å². The first-order valence-electron chi connectivity index (χ1n) is 13.0. The van der Waals surface area contributed by atoms with Gasteiger partial charge < -0.3 is 14.8 Å². The van der Waals surface area contributed by atoms with E-state index in [9.17, 15) is 14.4 Å². The Hall–Kier alpha value is -4.70. The molecule has 1 heterocycles. The van der Waals surface area contributed by atoms with Gasteiger partial charge in [0.1, 0.15) is 4.88 Å². The van der Waals surface area contributed by atoms with E-state index < -0.39 is 11.9 Å². The van der Waals surface area contributed by atoms with E-state index in [1.54, 1.807) is 91.9 Å². The molecule has 5 rings (SSSR count). The number of carbonyl (C=O) groups excluding carboxylic acids is 3. The zero-order chi connectivity index (χ0) is 30.3. The number of nitrogens with zero attached hydrogens (tertiary/aromatic N) is 1. The summed E-state index contributed by atoms with van der Waals surface area (Å²) in [6.45, 7) is 2.13. The van der Waals surface area contributed by atoms with Gasteiger partial charge in [-0.05, 0) is 79.2 Å². The SMILES string of the molecule is CCOc1cc(/C=N\NC(=O)c2ccc(NC(=O)c3ccccc3)cc2)ccc1OC(=O)c1sc2cc(Cl)ccc2c1Cl. The second kappa shape index (κ2) is 13.5. The summed E-state index contributed by atoms with van der Waals surface area (Å²) < 4.78 is 12.1. The van der Waals surface area contributed by atoms with Crippen LogP contribution < -0.4 is 20.2 Å². The van der Waals surface area contributed by atoms with Crippen molar-refractivity contribution in [2.45, 2.75) is 6.92 Å². The third-order valence-electron chi connectivity index (χ3n) is 6.07. The van der Waals surface area contributed by atoms with Gasteiger partial charge >= 0.3 is 5.97 Å². The third-order valence-corrected chi connectivity index (χ3v) is 7.94. The number of carbonyl (C=O) groups is 3. The third kappa shape index (κ3) is 7.21. The Balaban J connectivity index is 1.22. The molecule has 2 amide bonds. The predicted octanol–water partition coefficient (Wildman–Crippen LogP) is 7.84. The van der Waals surface area contributed by atoms with Crippen LogP contribution in [0.5, 0.6) is 11.5 Å². The van der Waals surface area contributed by atoms with E-state index in [4.69, 9.17) is 32.7 Å². The van der Waals surface area contributed by atoms with Crippen molar-refractivity contribution in [3.63, 3.8) is 0 Å². The number of nitrogens with one attached hydrogen (secondary N) is 2. The van der Waals surface area contributed by atoms with Gasteiger partial charge in [0.15, 0.2) is 11.5 Å². The van der Waals surface area contributed by atoms with E-state index in [0.29, 0.717) is 50.2 Å². The van der Waals surface area contributed by atoms with Crippen LogP contribution in [0.2, 0.25) is 10.0 Å². The van der Waals surface area contributed by atoms with E-state index in [0.717, 1.165) is 4.70 Å². The molecule has 5 aromatic rings. The molecule has 0 saturated carbocycles. The zero-order valence-corrected chi connectivity index (χ0v) is 24.9.